The average Bonchev–Trinajstić information content (AvgIpc) is 1.23. The Morgan fingerprint density at radius 2 is 1.05 bits per heavy atom. The maximum Gasteiger partial charge on any atom is 0.446 e. The van der Waals surface area contributed by atoms with Gasteiger partial charge in [0.15, 0.2) is 10.3 Å². The Morgan fingerprint density at radius 1 is 0.682 bits per heavy atom. The maximum absolute atomic E-state index is 13.5. The van der Waals surface area contributed by atoms with Crippen LogP contribution in [0.1, 0.15) is 46.4 Å². The molecule has 85 heavy (non-hydrogen) atoms. The van der Waals surface area contributed by atoms with Crippen molar-refractivity contribution in [3.63, 3.8) is 0 Å². The van der Waals surface area contributed by atoms with Crippen molar-refractivity contribution in [3.8, 4) is 34.7 Å². The molecule has 4 aliphatic heterocycles. The number of nitriles is 2. The summed E-state index contributed by atoms with van der Waals surface area (Å²) in [5.41, 5.74) is 13.2. The smallest absolute Gasteiger partial charge is 0.370 e. The summed E-state index contributed by atoms with van der Waals surface area (Å²) in [6, 6.07) is 25.3. The Morgan fingerprint density at radius 3 is 1.35 bits per heavy atom. The van der Waals surface area contributed by atoms with Gasteiger partial charge < -0.3 is 24.9 Å². The number of thiazole rings is 2. The zero-order valence-corrected chi connectivity index (χ0v) is 51.4. The summed E-state index contributed by atoms with van der Waals surface area (Å²) in [7, 11) is 2.08. The molecule has 4 saturated heterocycles. The monoisotopic (exact) mass is 1260 g/mol. The molecule has 448 valence electrons. The van der Waals surface area contributed by atoms with Crippen molar-refractivity contribution >= 4 is 103 Å². The van der Waals surface area contributed by atoms with Crippen LogP contribution in [-0.4, -0.2) is 142 Å². The molecule has 0 unspecified atom stereocenters. The SMILES string of the molecule is CCc1nn2c(C)cc(N3CC4(C3)CN(S(C)(=O)=O)C4)cc2c1N(C)c1nc(-c2ccc(F)cc2)c(C#N)s1.CCc1nn2c(C)cc(N3CC4(CNC4)C3)cc2c1N(C)c1nc(-c2ccc(F)cc2)c(C#N)s1.CS(=O)(=O)Cl.O=CC(F)(F)F. The lowest BCUT2D eigenvalue weighted by molar-refractivity contribution is -0.156. The molecule has 0 saturated carbocycles. The quantitative estimate of drug-likeness (QED) is 0.0723. The van der Waals surface area contributed by atoms with E-state index in [1.54, 1.807) is 28.6 Å². The van der Waals surface area contributed by atoms with E-state index in [-0.39, 0.29) is 17.0 Å². The number of aromatic nitrogens is 6. The van der Waals surface area contributed by atoms with Gasteiger partial charge in [0.1, 0.15) is 44.9 Å². The van der Waals surface area contributed by atoms with Gasteiger partial charge in [-0.2, -0.15) is 33.9 Å². The fraction of sp³-hybridized carbons (Fsp3) is 0.375. The molecule has 0 amide bonds. The molecule has 29 heteroatoms. The molecule has 4 fully saturated rings. The Labute approximate surface area is 500 Å². The number of pyridine rings is 2. The highest BCUT2D eigenvalue weighted by molar-refractivity contribution is 8.13. The number of benzene rings is 2. The number of rotatable bonds is 11. The highest BCUT2D eigenvalue weighted by Gasteiger charge is 2.54. The number of sulfonamides is 1. The lowest BCUT2D eigenvalue weighted by Gasteiger charge is -2.60. The van der Waals surface area contributed by atoms with E-state index in [2.05, 4.69) is 83.0 Å². The Bertz CT molecular complexity index is 4140. The van der Waals surface area contributed by atoms with E-state index in [4.69, 9.17) is 25.0 Å². The molecule has 10 heterocycles. The van der Waals surface area contributed by atoms with Crippen LogP contribution in [0.5, 0.6) is 0 Å². The lowest BCUT2D eigenvalue weighted by Crippen LogP contribution is -2.72. The molecular formula is C56H58ClF5N14O5S4. The van der Waals surface area contributed by atoms with Gasteiger partial charge in [0.2, 0.25) is 25.4 Å². The largest absolute Gasteiger partial charge is 0.446 e. The Hall–Kier alpha value is -7.31. The zero-order chi connectivity index (χ0) is 61.7. The van der Waals surface area contributed by atoms with Crippen LogP contribution in [0.4, 0.5) is 55.0 Å². The minimum Gasteiger partial charge on any atom is -0.370 e. The van der Waals surface area contributed by atoms with Crippen molar-refractivity contribution in [2.75, 3.05) is 98.6 Å². The van der Waals surface area contributed by atoms with Crippen LogP contribution in [0.2, 0.25) is 0 Å². The maximum atomic E-state index is 13.5. The van der Waals surface area contributed by atoms with Crippen molar-refractivity contribution in [1.29, 1.82) is 10.5 Å². The van der Waals surface area contributed by atoms with Crippen LogP contribution < -0.4 is 24.9 Å². The molecular weight excluding hydrogens is 1210 g/mol. The van der Waals surface area contributed by atoms with Crippen molar-refractivity contribution in [2.24, 2.45) is 10.8 Å². The second-order valence-electron chi connectivity index (χ2n) is 21.5. The summed E-state index contributed by atoms with van der Waals surface area (Å²) < 4.78 is 106. The summed E-state index contributed by atoms with van der Waals surface area (Å²) in [4.78, 5) is 28.0. The number of nitrogens with one attached hydrogen (secondary N) is 1. The number of nitrogens with zero attached hydrogens (tertiary/aromatic N) is 13. The van der Waals surface area contributed by atoms with Gasteiger partial charge in [0, 0.05) is 122 Å². The molecule has 12 rings (SSSR count). The summed E-state index contributed by atoms with van der Waals surface area (Å²) >= 11 is 2.63. The van der Waals surface area contributed by atoms with Gasteiger partial charge in [0.25, 0.3) is 0 Å². The van der Waals surface area contributed by atoms with Gasteiger partial charge in [-0.1, -0.05) is 36.5 Å². The number of halogens is 6. The molecule has 0 radical (unpaired) electrons. The first kappa shape index (κ1) is 62.2. The Balaban J connectivity index is 0.000000174. The van der Waals surface area contributed by atoms with Crippen molar-refractivity contribution in [1.82, 2.24) is 38.8 Å². The summed E-state index contributed by atoms with van der Waals surface area (Å²) in [6.45, 7) is 15.4. The van der Waals surface area contributed by atoms with E-state index >= 15 is 0 Å². The number of aryl methyl sites for hydroxylation is 4. The van der Waals surface area contributed by atoms with Crippen molar-refractivity contribution in [2.45, 2.75) is 46.7 Å². The normalized spacial score (nSPS) is 15.9. The van der Waals surface area contributed by atoms with Gasteiger partial charge in [0.05, 0.1) is 46.3 Å². The van der Waals surface area contributed by atoms with Gasteiger partial charge >= 0.3 is 6.18 Å². The first-order chi connectivity index (χ1) is 40.0. The molecule has 2 spiro atoms. The van der Waals surface area contributed by atoms with E-state index in [9.17, 15) is 49.3 Å². The standard InChI is InChI=1S/C27H28FN7O2S2.C26H26FN7S.C2HF3O.CH3ClO2S/c1-5-21-25(32(3)26-30-24(23(12-29)38-26)18-6-8-19(28)9-7-18)22-11-20(10-17(2)35(22)31-21)33-13-27(14-33)15-34(16-27)39(4,36)37;1-4-20-24(32(3)25-30-23(22(11-28)35-25)17-5-7-18(27)8-6-17)21-10-19(9-16(2)34(21)31-20)33-14-26(15-33)12-29-13-26;3-2(4,5)1-6;1-5(2,3)4/h6-11H,5,13-16H2,1-4H3;5-10,29H,4,12-15H2,1-3H3;1H;1H3. The molecule has 0 aliphatic carbocycles. The van der Waals surface area contributed by atoms with Crippen LogP contribution in [0.3, 0.4) is 0 Å². The summed E-state index contributed by atoms with van der Waals surface area (Å²) in [6.07, 6.45) is -2.02. The van der Waals surface area contributed by atoms with Crippen LogP contribution >= 0.6 is 33.4 Å². The minimum atomic E-state index is -4.64. The fourth-order valence-electron chi connectivity index (χ4n) is 10.8. The van der Waals surface area contributed by atoms with E-state index in [0.29, 0.717) is 61.9 Å². The number of hydrogen-bond donors (Lipinski definition) is 1. The van der Waals surface area contributed by atoms with E-state index in [0.717, 1.165) is 108 Å². The third-order valence-corrected chi connectivity index (χ3v) is 18.2. The van der Waals surface area contributed by atoms with Crippen LogP contribution in [0.25, 0.3) is 33.5 Å². The average molecular weight is 1270 g/mol. The third-order valence-electron chi connectivity index (χ3n) is 14.9. The molecule has 6 aromatic heterocycles. The van der Waals surface area contributed by atoms with Crippen LogP contribution in [-0.2, 0) is 36.7 Å². The number of alkyl halides is 3. The first-order valence-electron chi connectivity index (χ1n) is 26.4. The predicted octanol–water partition coefficient (Wildman–Crippen LogP) is 9.64. The molecule has 0 atom stereocenters. The number of carbonyl (C=O) groups excluding carboxylic acids is 1. The zero-order valence-electron chi connectivity index (χ0n) is 47.3. The van der Waals surface area contributed by atoms with Gasteiger partial charge in [-0.25, -0.2) is 48.9 Å². The second-order valence-corrected chi connectivity index (χ2v) is 28.5. The Kier molecular flexibility index (Phi) is 17.5. The van der Waals surface area contributed by atoms with Gasteiger partial charge in [-0.15, -0.1) is 0 Å². The topological polar surface area (TPSA) is 222 Å². The summed E-state index contributed by atoms with van der Waals surface area (Å²) in [5, 5.41) is 34.1. The molecule has 8 aromatic rings. The van der Waals surface area contributed by atoms with Crippen LogP contribution in [0.15, 0.2) is 72.8 Å². The molecule has 19 nitrogen and oxygen atoms in total. The molecule has 1 N–H and O–H groups in total. The lowest BCUT2D eigenvalue weighted by atomic mass is 9.74. The predicted molar refractivity (Wildman–Crippen MR) is 321 cm³/mol. The molecule has 4 aliphatic rings. The number of carbonyl (C=O) groups is 1. The number of anilines is 6. The van der Waals surface area contributed by atoms with E-state index < -0.39 is 31.5 Å². The number of hydrogen-bond acceptors (Lipinski definition) is 18. The van der Waals surface area contributed by atoms with Crippen LogP contribution in [0, 0.1) is 59.0 Å². The van der Waals surface area contributed by atoms with Gasteiger partial charge in [-0.3, -0.25) is 4.79 Å². The molecule has 2 aromatic carbocycles. The number of aldehydes is 1. The van der Waals surface area contributed by atoms with Crippen molar-refractivity contribution < 1.29 is 43.6 Å². The summed E-state index contributed by atoms with van der Waals surface area (Å²) in [5.74, 6) is -0.653. The second kappa shape index (κ2) is 23.9. The van der Waals surface area contributed by atoms with E-state index in [1.807, 2.05) is 39.8 Å². The highest BCUT2D eigenvalue weighted by atomic mass is 35.7. The number of fused-ring (bicyclic) bond motifs is 2. The van der Waals surface area contributed by atoms with Gasteiger partial charge in [-0.05, 0) is 99.5 Å². The molecule has 0 bridgehead atoms. The fourth-order valence-corrected chi connectivity index (χ4v) is 13.5. The third kappa shape index (κ3) is 13.2. The first-order valence-corrected chi connectivity index (χ1v) is 32.6. The minimum absolute atomic E-state index is 0.0306. The van der Waals surface area contributed by atoms with Crippen molar-refractivity contribution in [3.05, 3.63) is 117 Å². The highest BCUT2D eigenvalue weighted by Crippen LogP contribution is 2.46. The van der Waals surface area contributed by atoms with E-state index in [1.165, 1.54) is 58.9 Å².